The molecule has 0 fully saturated rings. The van der Waals surface area contributed by atoms with E-state index in [1.54, 1.807) is 10.9 Å². The van der Waals surface area contributed by atoms with Gasteiger partial charge in [-0.1, -0.05) is 29.8 Å². The van der Waals surface area contributed by atoms with Crippen molar-refractivity contribution in [2.45, 2.75) is 20.4 Å². The van der Waals surface area contributed by atoms with Crippen LogP contribution in [0.25, 0.3) is 11.0 Å². The molecule has 0 bridgehead atoms. The number of nitrogens with zero attached hydrogens (tertiary/aromatic N) is 2. The molecule has 0 aliphatic heterocycles. The maximum atomic E-state index is 12.2. The lowest BCUT2D eigenvalue weighted by molar-refractivity contribution is -0.122. The van der Waals surface area contributed by atoms with Crippen molar-refractivity contribution < 1.29 is 4.79 Å². The zero-order valence-corrected chi connectivity index (χ0v) is 15.9. The number of anilines is 1. The summed E-state index contributed by atoms with van der Waals surface area (Å²) in [5.74, 6) is -0.246. The summed E-state index contributed by atoms with van der Waals surface area (Å²) < 4.78 is 1.77. The van der Waals surface area contributed by atoms with E-state index >= 15 is 0 Å². The Kier molecular flexibility index (Phi) is 5.39. The molecule has 6 nitrogen and oxygen atoms in total. The van der Waals surface area contributed by atoms with Crippen LogP contribution in [0.4, 0.5) is 5.69 Å². The van der Waals surface area contributed by atoms with Crippen LogP contribution in [0.2, 0.25) is 5.02 Å². The molecule has 0 atom stereocenters. The molecule has 8 heteroatoms. The van der Waals surface area contributed by atoms with Crippen LogP contribution in [0, 0.1) is 13.8 Å². The Morgan fingerprint density at radius 1 is 1.23 bits per heavy atom. The summed E-state index contributed by atoms with van der Waals surface area (Å²) >= 11 is 11.5. The predicted octanol–water partition coefficient (Wildman–Crippen LogP) is 3.32. The van der Waals surface area contributed by atoms with Gasteiger partial charge in [-0.15, -0.1) is 0 Å². The van der Waals surface area contributed by atoms with Crippen LogP contribution in [0.3, 0.4) is 0 Å². The summed E-state index contributed by atoms with van der Waals surface area (Å²) in [6.45, 7) is 4.03. The second-order valence-electron chi connectivity index (χ2n) is 5.93. The number of benzene rings is 2. The smallest absolute Gasteiger partial charge is 0.258 e. The topological polar surface area (TPSA) is 71.0 Å². The second kappa shape index (κ2) is 7.72. The first-order valence-electron chi connectivity index (χ1n) is 7.96. The molecule has 0 saturated heterocycles. The molecule has 0 aliphatic rings. The van der Waals surface area contributed by atoms with E-state index in [-0.39, 0.29) is 17.6 Å². The van der Waals surface area contributed by atoms with Crippen LogP contribution in [0.5, 0.6) is 0 Å². The molecule has 1 amide bonds. The largest absolute Gasteiger partial charge is 0.330 e. The molecule has 1 heterocycles. The molecule has 0 saturated carbocycles. The molecule has 0 aliphatic carbocycles. The fourth-order valence-electron chi connectivity index (χ4n) is 2.68. The molecule has 0 unspecified atom stereocenters. The lowest BCUT2D eigenvalue weighted by Crippen LogP contribution is -2.45. The normalized spacial score (nSPS) is 10.6. The number of imidazole rings is 1. The van der Waals surface area contributed by atoms with Gasteiger partial charge in [-0.25, -0.2) is 4.98 Å². The minimum atomic E-state index is -0.246. The molecule has 3 aromatic rings. The van der Waals surface area contributed by atoms with E-state index in [1.165, 1.54) is 0 Å². The number of para-hydroxylation sites is 2. The molecule has 0 radical (unpaired) electrons. The van der Waals surface area contributed by atoms with Crippen LogP contribution in [-0.2, 0) is 11.3 Å². The minimum Gasteiger partial charge on any atom is -0.330 e. The van der Waals surface area contributed by atoms with Crippen LogP contribution in [0.1, 0.15) is 11.1 Å². The van der Waals surface area contributed by atoms with Crippen molar-refractivity contribution in [1.29, 1.82) is 0 Å². The summed E-state index contributed by atoms with van der Waals surface area (Å²) in [6.07, 6.45) is 1.64. The number of thiocarbonyl (C=S) groups is 1. The number of carbonyl (C=O) groups is 1. The van der Waals surface area contributed by atoms with Crippen molar-refractivity contribution in [2.24, 2.45) is 0 Å². The van der Waals surface area contributed by atoms with Gasteiger partial charge in [0.15, 0.2) is 5.11 Å². The second-order valence-corrected chi connectivity index (χ2v) is 6.74. The number of fused-ring (bicyclic) bond motifs is 1. The van der Waals surface area contributed by atoms with Crippen molar-refractivity contribution in [3.8, 4) is 0 Å². The van der Waals surface area contributed by atoms with E-state index < -0.39 is 0 Å². The van der Waals surface area contributed by atoms with E-state index in [2.05, 4.69) is 21.2 Å². The van der Waals surface area contributed by atoms with Crippen molar-refractivity contribution >= 4 is 51.6 Å². The molecule has 134 valence electrons. The molecule has 1 aromatic heterocycles. The number of amides is 1. The quantitative estimate of drug-likeness (QED) is 0.475. The van der Waals surface area contributed by atoms with Crippen molar-refractivity contribution in [3.05, 3.63) is 58.9 Å². The van der Waals surface area contributed by atoms with Gasteiger partial charge in [0.2, 0.25) is 0 Å². The first-order chi connectivity index (χ1) is 12.4. The summed E-state index contributed by atoms with van der Waals surface area (Å²) in [5.41, 5.74) is 9.74. The highest BCUT2D eigenvalue weighted by Gasteiger charge is 2.09. The predicted molar refractivity (Wildman–Crippen MR) is 108 cm³/mol. The van der Waals surface area contributed by atoms with Crippen LogP contribution in [0.15, 0.2) is 42.7 Å². The van der Waals surface area contributed by atoms with E-state index in [9.17, 15) is 4.79 Å². The zero-order valence-electron chi connectivity index (χ0n) is 14.3. The third kappa shape index (κ3) is 4.12. The summed E-state index contributed by atoms with van der Waals surface area (Å²) in [7, 11) is 0. The molecule has 3 rings (SSSR count). The van der Waals surface area contributed by atoms with Gasteiger partial charge in [0.1, 0.15) is 6.54 Å². The van der Waals surface area contributed by atoms with Crippen LogP contribution in [-0.4, -0.2) is 20.6 Å². The lowest BCUT2D eigenvalue weighted by Gasteiger charge is -2.15. The number of hydrazine groups is 1. The number of hydrogen-bond acceptors (Lipinski definition) is 3. The van der Waals surface area contributed by atoms with Gasteiger partial charge in [-0.05, 0) is 55.4 Å². The van der Waals surface area contributed by atoms with E-state index in [1.807, 2.05) is 50.2 Å². The zero-order chi connectivity index (χ0) is 18.7. The van der Waals surface area contributed by atoms with Gasteiger partial charge in [-0.2, -0.15) is 0 Å². The van der Waals surface area contributed by atoms with Crippen molar-refractivity contribution in [3.63, 3.8) is 0 Å². The SMILES string of the molecule is Cc1cc(C)c(NC(=S)NNC(=O)Cn2cnc3ccccc32)c(Cl)c1. The molecule has 0 spiro atoms. The third-order valence-electron chi connectivity index (χ3n) is 3.83. The van der Waals surface area contributed by atoms with Gasteiger partial charge in [-0.3, -0.25) is 15.6 Å². The highest BCUT2D eigenvalue weighted by Crippen LogP contribution is 2.27. The first-order valence-corrected chi connectivity index (χ1v) is 8.75. The Labute approximate surface area is 161 Å². The summed E-state index contributed by atoms with van der Waals surface area (Å²) in [5, 5.41) is 3.83. The Balaban J connectivity index is 1.57. The number of aryl methyl sites for hydroxylation is 2. The molecule has 26 heavy (non-hydrogen) atoms. The van der Waals surface area contributed by atoms with Crippen molar-refractivity contribution in [2.75, 3.05) is 5.32 Å². The van der Waals surface area contributed by atoms with Gasteiger partial charge in [0.05, 0.1) is 28.1 Å². The molecular formula is C18H18ClN5OS. The minimum absolute atomic E-state index is 0.125. The van der Waals surface area contributed by atoms with Gasteiger partial charge >= 0.3 is 0 Å². The summed E-state index contributed by atoms with van der Waals surface area (Å²) in [4.78, 5) is 16.4. The highest BCUT2D eigenvalue weighted by molar-refractivity contribution is 7.80. The highest BCUT2D eigenvalue weighted by atomic mass is 35.5. The van der Waals surface area contributed by atoms with E-state index in [4.69, 9.17) is 23.8 Å². The summed E-state index contributed by atoms with van der Waals surface area (Å²) in [6, 6.07) is 11.5. The Morgan fingerprint density at radius 3 is 2.77 bits per heavy atom. The van der Waals surface area contributed by atoms with Gasteiger partial charge in [0, 0.05) is 0 Å². The average Bonchev–Trinajstić information content (AvgIpc) is 2.99. The Bertz CT molecular complexity index is 962. The first kappa shape index (κ1) is 18.2. The lowest BCUT2D eigenvalue weighted by atomic mass is 10.1. The standard InChI is InChI=1S/C18H18ClN5OS/c1-11-7-12(2)17(13(19)8-11)21-18(26)23-22-16(25)9-24-10-20-14-5-3-4-6-15(14)24/h3-8,10H,9H2,1-2H3,(H,22,25)(H2,21,23,26). The molecule has 2 aromatic carbocycles. The molecule has 3 N–H and O–H groups in total. The monoisotopic (exact) mass is 387 g/mol. The van der Waals surface area contributed by atoms with Gasteiger partial charge < -0.3 is 9.88 Å². The number of carbonyl (C=O) groups excluding carboxylic acids is 1. The van der Waals surface area contributed by atoms with E-state index in [0.717, 1.165) is 22.2 Å². The number of nitrogens with one attached hydrogen (secondary N) is 3. The van der Waals surface area contributed by atoms with Crippen molar-refractivity contribution in [1.82, 2.24) is 20.4 Å². The average molecular weight is 388 g/mol. The number of aromatic nitrogens is 2. The van der Waals surface area contributed by atoms with Gasteiger partial charge in [0.25, 0.3) is 5.91 Å². The van der Waals surface area contributed by atoms with Crippen LogP contribution >= 0.6 is 23.8 Å². The third-order valence-corrected chi connectivity index (χ3v) is 4.33. The molecular weight excluding hydrogens is 370 g/mol. The van der Waals surface area contributed by atoms with Crippen LogP contribution < -0.4 is 16.2 Å². The fraction of sp³-hybridized carbons (Fsp3) is 0.167. The maximum Gasteiger partial charge on any atom is 0.258 e. The fourth-order valence-corrected chi connectivity index (χ4v) is 3.20. The Morgan fingerprint density at radius 2 is 2.00 bits per heavy atom. The number of rotatable bonds is 3. The number of halogens is 1. The maximum absolute atomic E-state index is 12.2. The Hall–Kier alpha value is -2.64. The van der Waals surface area contributed by atoms with E-state index in [0.29, 0.717) is 10.7 Å². The number of hydrogen-bond donors (Lipinski definition) is 3.